The summed E-state index contributed by atoms with van der Waals surface area (Å²) in [4.78, 5) is 0. The van der Waals surface area contributed by atoms with Crippen molar-refractivity contribution >= 4 is 0 Å². The van der Waals surface area contributed by atoms with Crippen molar-refractivity contribution in [3.8, 4) is 0 Å². The van der Waals surface area contributed by atoms with Crippen LogP contribution in [0.3, 0.4) is 0 Å². The van der Waals surface area contributed by atoms with E-state index in [9.17, 15) is 0 Å². The highest BCUT2D eigenvalue weighted by Gasteiger charge is 2.18. The van der Waals surface area contributed by atoms with Crippen molar-refractivity contribution in [3.63, 3.8) is 0 Å². The molecule has 1 fully saturated rings. The molecule has 2 atom stereocenters. The molecule has 0 aromatic carbocycles. The zero-order valence-corrected chi connectivity index (χ0v) is 10.1. The molecule has 0 aromatic heterocycles. The summed E-state index contributed by atoms with van der Waals surface area (Å²) in [5.41, 5.74) is 0. The molecule has 0 bridgehead atoms. The maximum absolute atomic E-state index is 5.73. The van der Waals surface area contributed by atoms with Gasteiger partial charge in [0.1, 0.15) is 0 Å². The molecule has 1 aliphatic rings. The fourth-order valence-corrected chi connectivity index (χ4v) is 1.82. The van der Waals surface area contributed by atoms with E-state index in [1.54, 1.807) is 0 Å². The Balaban J connectivity index is 1.90. The van der Waals surface area contributed by atoms with Gasteiger partial charge in [-0.2, -0.15) is 0 Å². The Kier molecular flexibility index (Phi) is 6.98. The monoisotopic (exact) mass is 215 g/mol. The summed E-state index contributed by atoms with van der Waals surface area (Å²) in [6, 6.07) is 0. The summed E-state index contributed by atoms with van der Waals surface area (Å²) < 4.78 is 11.3. The molecular weight excluding hydrogens is 190 g/mol. The minimum atomic E-state index is 0.250. The maximum Gasteiger partial charge on any atom is 0.0936 e. The van der Waals surface area contributed by atoms with E-state index >= 15 is 0 Å². The lowest BCUT2D eigenvalue weighted by molar-refractivity contribution is -0.0688. The molecule has 1 saturated heterocycles. The van der Waals surface area contributed by atoms with Gasteiger partial charge in [-0.25, -0.2) is 0 Å². The Labute approximate surface area is 93.5 Å². The van der Waals surface area contributed by atoms with Crippen LogP contribution in [0.5, 0.6) is 0 Å². The van der Waals surface area contributed by atoms with Crippen LogP contribution in [0.15, 0.2) is 0 Å². The first-order valence-corrected chi connectivity index (χ1v) is 6.27. The lowest BCUT2D eigenvalue weighted by Gasteiger charge is -2.28. The number of ether oxygens (including phenoxy) is 2. The fourth-order valence-electron chi connectivity index (χ4n) is 1.82. The second-order valence-corrected chi connectivity index (χ2v) is 4.36. The third kappa shape index (κ3) is 6.13. The average molecular weight is 215 g/mol. The molecule has 3 heteroatoms. The van der Waals surface area contributed by atoms with E-state index in [1.165, 1.54) is 25.7 Å². The second-order valence-electron chi connectivity index (χ2n) is 4.36. The van der Waals surface area contributed by atoms with Gasteiger partial charge >= 0.3 is 0 Å². The maximum atomic E-state index is 5.73. The molecule has 0 amide bonds. The normalized spacial score (nSPS) is 26.8. The zero-order valence-electron chi connectivity index (χ0n) is 10.1. The van der Waals surface area contributed by atoms with Crippen LogP contribution >= 0.6 is 0 Å². The van der Waals surface area contributed by atoms with Gasteiger partial charge in [-0.3, -0.25) is 0 Å². The molecule has 1 heterocycles. The topological polar surface area (TPSA) is 30.5 Å². The highest BCUT2D eigenvalue weighted by molar-refractivity contribution is 4.71. The first-order chi connectivity index (χ1) is 7.33. The van der Waals surface area contributed by atoms with E-state index < -0.39 is 0 Å². The molecule has 2 unspecified atom stereocenters. The molecule has 0 aliphatic carbocycles. The molecule has 1 aliphatic heterocycles. The van der Waals surface area contributed by atoms with Gasteiger partial charge in [0.2, 0.25) is 0 Å². The van der Waals surface area contributed by atoms with Crippen LogP contribution < -0.4 is 5.32 Å². The quantitative estimate of drug-likeness (QED) is 0.659. The molecule has 1 rings (SSSR count). The van der Waals surface area contributed by atoms with Crippen LogP contribution in [0.25, 0.3) is 0 Å². The number of hydrogen-bond donors (Lipinski definition) is 1. The fraction of sp³-hybridized carbons (Fsp3) is 1.00. The molecule has 15 heavy (non-hydrogen) atoms. The van der Waals surface area contributed by atoms with Crippen molar-refractivity contribution in [2.24, 2.45) is 0 Å². The SMILES string of the molecule is CCCCCCOCC1CNCC(C)O1. The third-order valence-corrected chi connectivity index (χ3v) is 2.67. The van der Waals surface area contributed by atoms with Crippen molar-refractivity contribution in [2.45, 2.75) is 51.7 Å². The van der Waals surface area contributed by atoms with E-state index in [-0.39, 0.29) is 6.10 Å². The Morgan fingerprint density at radius 2 is 2.13 bits per heavy atom. The van der Waals surface area contributed by atoms with Crippen molar-refractivity contribution in [1.29, 1.82) is 0 Å². The molecular formula is C12H25NO2. The van der Waals surface area contributed by atoms with Gasteiger partial charge < -0.3 is 14.8 Å². The van der Waals surface area contributed by atoms with E-state index in [4.69, 9.17) is 9.47 Å². The number of nitrogens with one attached hydrogen (secondary N) is 1. The lowest BCUT2D eigenvalue weighted by atomic mass is 10.2. The van der Waals surface area contributed by atoms with Crippen LogP contribution in [0.1, 0.15) is 39.5 Å². The molecule has 0 saturated carbocycles. The number of morpholine rings is 1. The van der Waals surface area contributed by atoms with Crippen molar-refractivity contribution in [1.82, 2.24) is 5.32 Å². The smallest absolute Gasteiger partial charge is 0.0936 e. The summed E-state index contributed by atoms with van der Waals surface area (Å²) in [7, 11) is 0. The highest BCUT2D eigenvalue weighted by atomic mass is 16.5. The number of unbranched alkanes of at least 4 members (excludes halogenated alkanes) is 3. The molecule has 0 aromatic rings. The summed E-state index contributed by atoms with van der Waals surface area (Å²) in [5, 5.41) is 3.34. The largest absolute Gasteiger partial charge is 0.379 e. The van der Waals surface area contributed by atoms with Gasteiger partial charge in [0, 0.05) is 19.7 Å². The first-order valence-electron chi connectivity index (χ1n) is 6.27. The van der Waals surface area contributed by atoms with Crippen molar-refractivity contribution in [3.05, 3.63) is 0 Å². The molecule has 1 N–H and O–H groups in total. The Morgan fingerprint density at radius 3 is 2.87 bits per heavy atom. The van der Waals surface area contributed by atoms with Gasteiger partial charge in [0.25, 0.3) is 0 Å². The molecule has 3 nitrogen and oxygen atoms in total. The number of rotatable bonds is 7. The zero-order chi connectivity index (χ0) is 10.9. The lowest BCUT2D eigenvalue weighted by Crippen LogP contribution is -2.45. The van der Waals surface area contributed by atoms with E-state index in [2.05, 4.69) is 19.2 Å². The third-order valence-electron chi connectivity index (χ3n) is 2.67. The molecule has 90 valence electrons. The van der Waals surface area contributed by atoms with Gasteiger partial charge in [-0.1, -0.05) is 26.2 Å². The summed E-state index contributed by atoms with van der Waals surface area (Å²) >= 11 is 0. The standard InChI is InChI=1S/C12H25NO2/c1-3-4-5-6-7-14-10-12-9-13-8-11(2)15-12/h11-13H,3-10H2,1-2H3. The molecule has 0 spiro atoms. The van der Waals surface area contributed by atoms with Gasteiger partial charge in [0.15, 0.2) is 0 Å². The second kappa shape index (κ2) is 8.08. The van der Waals surface area contributed by atoms with Gasteiger partial charge in [0.05, 0.1) is 18.8 Å². The van der Waals surface area contributed by atoms with Crippen LogP contribution in [-0.2, 0) is 9.47 Å². The number of hydrogen-bond acceptors (Lipinski definition) is 3. The van der Waals surface area contributed by atoms with Crippen molar-refractivity contribution < 1.29 is 9.47 Å². The van der Waals surface area contributed by atoms with E-state index in [0.29, 0.717) is 6.10 Å². The average Bonchev–Trinajstić information content (AvgIpc) is 2.23. The first kappa shape index (κ1) is 12.9. The van der Waals surface area contributed by atoms with Gasteiger partial charge in [-0.05, 0) is 13.3 Å². The summed E-state index contributed by atoms with van der Waals surface area (Å²) in [6.45, 7) is 7.84. The summed E-state index contributed by atoms with van der Waals surface area (Å²) in [5.74, 6) is 0. The van der Waals surface area contributed by atoms with Crippen LogP contribution in [0.2, 0.25) is 0 Å². The van der Waals surface area contributed by atoms with Crippen LogP contribution in [0.4, 0.5) is 0 Å². The van der Waals surface area contributed by atoms with Gasteiger partial charge in [-0.15, -0.1) is 0 Å². The predicted molar refractivity (Wildman–Crippen MR) is 62.2 cm³/mol. The minimum absolute atomic E-state index is 0.250. The molecule has 0 radical (unpaired) electrons. The Morgan fingerprint density at radius 1 is 1.27 bits per heavy atom. The predicted octanol–water partition coefficient (Wildman–Crippen LogP) is 1.96. The highest BCUT2D eigenvalue weighted by Crippen LogP contribution is 2.04. The Hall–Kier alpha value is -0.120. The summed E-state index contributed by atoms with van der Waals surface area (Å²) in [6.07, 6.45) is 5.65. The minimum Gasteiger partial charge on any atom is -0.379 e. The van der Waals surface area contributed by atoms with E-state index in [0.717, 1.165) is 26.3 Å². The Bertz CT molecular complexity index is 153. The van der Waals surface area contributed by atoms with Crippen LogP contribution in [0, 0.1) is 0 Å². The van der Waals surface area contributed by atoms with Crippen LogP contribution in [-0.4, -0.2) is 38.5 Å². The van der Waals surface area contributed by atoms with E-state index in [1.807, 2.05) is 0 Å². The van der Waals surface area contributed by atoms with Crippen molar-refractivity contribution in [2.75, 3.05) is 26.3 Å².